The Bertz CT molecular complexity index is 549. The van der Waals surface area contributed by atoms with Gasteiger partial charge in [-0.2, -0.15) is 0 Å². The zero-order valence-electron chi connectivity index (χ0n) is 12.2. The van der Waals surface area contributed by atoms with Gasteiger partial charge in [0.25, 0.3) is 0 Å². The van der Waals surface area contributed by atoms with Gasteiger partial charge in [0.2, 0.25) is 0 Å². The van der Waals surface area contributed by atoms with Crippen molar-refractivity contribution in [3.8, 4) is 0 Å². The highest BCUT2D eigenvalue weighted by Crippen LogP contribution is 2.35. The molecule has 0 spiro atoms. The van der Waals surface area contributed by atoms with Crippen molar-refractivity contribution in [3.63, 3.8) is 0 Å². The van der Waals surface area contributed by atoms with Crippen molar-refractivity contribution in [1.82, 2.24) is 20.3 Å². The second-order valence-electron chi connectivity index (χ2n) is 4.87. The third-order valence-electron chi connectivity index (χ3n) is 3.16. The van der Waals surface area contributed by atoms with Gasteiger partial charge >= 0.3 is 0 Å². The maximum Gasteiger partial charge on any atom is 0.0873 e. The number of hydrogen-bond acceptors (Lipinski definition) is 4. The van der Waals surface area contributed by atoms with Gasteiger partial charge in [-0.05, 0) is 37.3 Å². The molecule has 0 saturated heterocycles. The van der Waals surface area contributed by atoms with Crippen molar-refractivity contribution in [2.45, 2.75) is 46.2 Å². The lowest BCUT2D eigenvalue weighted by Crippen LogP contribution is -2.25. The maximum atomic E-state index is 6.45. The lowest BCUT2D eigenvalue weighted by atomic mass is 10.1. The molecular weight excluding hydrogens is 292 g/mol. The molecule has 2 rings (SSSR count). The summed E-state index contributed by atoms with van der Waals surface area (Å²) in [5, 5.41) is 14.8. The van der Waals surface area contributed by atoms with E-state index in [2.05, 4.69) is 34.9 Å². The molecule has 2 aromatic heterocycles. The number of aryl methyl sites for hydroxylation is 2. The number of thiophene rings is 1. The molecule has 0 amide bonds. The highest BCUT2D eigenvalue weighted by Gasteiger charge is 2.23. The van der Waals surface area contributed by atoms with Crippen LogP contribution in [0.1, 0.15) is 48.9 Å². The Morgan fingerprint density at radius 2 is 2.20 bits per heavy atom. The molecule has 110 valence electrons. The first kappa shape index (κ1) is 15.5. The summed E-state index contributed by atoms with van der Waals surface area (Å²) in [6.45, 7) is 8.16. The van der Waals surface area contributed by atoms with Crippen molar-refractivity contribution in [3.05, 3.63) is 32.7 Å². The lowest BCUT2D eigenvalue weighted by Gasteiger charge is -2.18. The van der Waals surface area contributed by atoms with Crippen LogP contribution < -0.4 is 5.32 Å². The van der Waals surface area contributed by atoms with Gasteiger partial charge in [-0.1, -0.05) is 30.7 Å². The summed E-state index contributed by atoms with van der Waals surface area (Å²) in [6.07, 6.45) is 3.95. The van der Waals surface area contributed by atoms with E-state index in [-0.39, 0.29) is 6.04 Å². The Labute approximate surface area is 129 Å². The van der Waals surface area contributed by atoms with Crippen LogP contribution in [0.3, 0.4) is 0 Å². The van der Waals surface area contributed by atoms with Crippen LogP contribution in [0.15, 0.2) is 11.6 Å². The number of nitrogens with one attached hydrogen (secondary N) is 1. The Morgan fingerprint density at radius 1 is 1.40 bits per heavy atom. The summed E-state index contributed by atoms with van der Waals surface area (Å²) in [5.74, 6) is 0. The SMILES string of the molecule is CCCNC(c1scc(C)c1Cl)c1cnnn1CCC. The van der Waals surface area contributed by atoms with E-state index >= 15 is 0 Å². The summed E-state index contributed by atoms with van der Waals surface area (Å²) in [7, 11) is 0. The number of hydrogen-bond donors (Lipinski definition) is 1. The molecule has 0 aromatic carbocycles. The van der Waals surface area contributed by atoms with Gasteiger partial charge in [0.15, 0.2) is 0 Å². The van der Waals surface area contributed by atoms with Crippen LogP contribution in [-0.4, -0.2) is 21.5 Å². The fourth-order valence-electron chi connectivity index (χ4n) is 2.14. The molecule has 0 aliphatic carbocycles. The second kappa shape index (κ2) is 7.20. The third kappa shape index (κ3) is 3.22. The number of nitrogens with zero attached hydrogens (tertiary/aromatic N) is 3. The van der Waals surface area contributed by atoms with Crippen molar-refractivity contribution in [2.75, 3.05) is 6.54 Å². The molecule has 0 aliphatic rings. The highest BCUT2D eigenvalue weighted by atomic mass is 35.5. The monoisotopic (exact) mass is 312 g/mol. The van der Waals surface area contributed by atoms with Crippen molar-refractivity contribution < 1.29 is 0 Å². The number of aromatic nitrogens is 3. The van der Waals surface area contributed by atoms with Gasteiger partial charge in [0.05, 0.1) is 23.0 Å². The third-order valence-corrected chi connectivity index (χ3v) is 4.94. The molecular formula is C14H21ClN4S. The first-order valence-electron chi connectivity index (χ1n) is 7.04. The van der Waals surface area contributed by atoms with Crippen LogP contribution in [0.5, 0.6) is 0 Å². The average Bonchev–Trinajstić information content (AvgIpc) is 3.02. The van der Waals surface area contributed by atoms with E-state index in [0.29, 0.717) is 0 Å². The van der Waals surface area contributed by atoms with Gasteiger partial charge in [-0.15, -0.1) is 16.4 Å². The van der Waals surface area contributed by atoms with Gasteiger partial charge in [0.1, 0.15) is 0 Å². The topological polar surface area (TPSA) is 42.7 Å². The van der Waals surface area contributed by atoms with E-state index in [1.807, 2.05) is 17.8 Å². The summed E-state index contributed by atoms with van der Waals surface area (Å²) in [5.41, 5.74) is 2.22. The maximum absolute atomic E-state index is 6.45. The van der Waals surface area contributed by atoms with Gasteiger partial charge in [0, 0.05) is 11.4 Å². The molecule has 0 radical (unpaired) electrons. The quantitative estimate of drug-likeness (QED) is 0.845. The summed E-state index contributed by atoms with van der Waals surface area (Å²) >= 11 is 8.15. The fraction of sp³-hybridized carbons (Fsp3) is 0.571. The fourth-order valence-corrected chi connectivity index (χ4v) is 3.53. The zero-order valence-corrected chi connectivity index (χ0v) is 13.8. The van der Waals surface area contributed by atoms with Crippen LogP contribution in [0.25, 0.3) is 0 Å². The molecule has 2 heterocycles. The van der Waals surface area contributed by atoms with E-state index in [9.17, 15) is 0 Å². The predicted octanol–water partition coefficient (Wildman–Crippen LogP) is 3.80. The van der Waals surface area contributed by atoms with Gasteiger partial charge in [-0.3, -0.25) is 0 Å². The highest BCUT2D eigenvalue weighted by molar-refractivity contribution is 7.10. The van der Waals surface area contributed by atoms with Gasteiger partial charge in [-0.25, -0.2) is 4.68 Å². The summed E-state index contributed by atoms with van der Waals surface area (Å²) in [4.78, 5) is 1.15. The Kier molecular flexibility index (Phi) is 5.57. The first-order chi connectivity index (χ1) is 9.69. The van der Waals surface area contributed by atoms with Crippen LogP contribution >= 0.6 is 22.9 Å². The smallest absolute Gasteiger partial charge is 0.0873 e. The molecule has 1 atom stereocenters. The van der Waals surface area contributed by atoms with Crippen LogP contribution in [-0.2, 0) is 6.54 Å². The molecule has 0 saturated carbocycles. The molecule has 6 heteroatoms. The molecule has 4 nitrogen and oxygen atoms in total. The zero-order chi connectivity index (χ0) is 14.5. The van der Waals surface area contributed by atoms with Crippen molar-refractivity contribution in [2.24, 2.45) is 0 Å². The minimum Gasteiger partial charge on any atom is -0.304 e. The molecule has 2 aromatic rings. The molecule has 1 N–H and O–H groups in total. The van der Waals surface area contributed by atoms with E-state index in [1.54, 1.807) is 11.3 Å². The number of halogens is 1. The second-order valence-corrected chi connectivity index (χ2v) is 6.16. The molecule has 0 aliphatic heterocycles. The van der Waals surface area contributed by atoms with E-state index in [1.165, 1.54) is 0 Å². The van der Waals surface area contributed by atoms with Crippen LogP contribution in [0, 0.1) is 6.92 Å². The molecule has 0 bridgehead atoms. The van der Waals surface area contributed by atoms with Crippen LogP contribution in [0.4, 0.5) is 0 Å². The summed E-state index contributed by atoms with van der Waals surface area (Å²) in [6, 6.07) is 0.0719. The summed E-state index contributed by atoms with van der Waals surface area (Å²) < 4.78 is 1.97. The van der Waals surface area contributed by atoms with E-state index in [4.69, 9.17) is 11.6 Å². The van der Waals surface area contributed by atoms with E-state index < -0.39 is 0 Å². The predicted molar refractivity (Wildman–Crippen MR) is 84.5 cm³/mol. The van der Waals surface area contributed by atoms with Crippen LogP contribution in [0.2, 0.25) is 5.02 Å². The molecule has 0 fully saturated rings. The minimum absolute atomic E-state index is 0.0719. The largest absolute Gasteiger partial charge is 0.304 e. The number of rotatable bonds is 7. The molecule has 20 heavy (non-hydrogen) atoms. The Balaban J connectivity index is 2.36. The Hall–Kier alpha value is -0.910. The standard InChI is InChI=1S/C14H21ClN4S/c1-4-6-16-13(14-12(15)10(3)9-20-14)11-8-17-18-19(11)7-5-2/h8-9,13,16H,4-7H2,1-3H3. The Morgan fingerprint density at radius 3 is 2.80 bits per heavy atom. The van der Waals surface area contributed by atoms with Crippen molar-refractivity contribution >= 4 is 22.9 Å². The van der Waals surface area contributed by atoms with E-state index in [0.717, 1.165) is 47.1 Å². The first-order valence-corrected chi connectivity index (χ1v) is 8.30. The lowest BCUT2D eigenvalue weighted by molar-refractivity contribution is 0.507. The van der Waals surface area contributed by atoms with Gasteiger partial charge < -0.3 is 5.32 Å². The minimum atomic E-state index is 0.0719. The average molecular weight is 313 g/mol. The van der Waals surface area contributed by atoms with Crippen molar-refractivity contribution in [1.29, 1.82) is 0 Å². The normalized spacial score (nSPS) is 12.8. The molecule has 1 unspecified atom stereocenters.